The van der Waals surface area contributed by atoms with Crippen LogP contribution >= 0.6 is 0 Å². The molecule has 1 atom stereocenters. The van der Waals surface area contributed by atoms with Gasteiger partial charge in [0.05, 0.1) is 12.6 Å². The first-order valence-corrected chi connectivity index (χ1v) is 11.3. The Bertz CT molecular complexity index is 1430. The van der Waals surface area contributed by atoms with Gasteiger partial charge in [-0.2, -0.15) is 0 Å². The topological polar surface area (TPSA) is 58.5 Å². The van der Waals surface area contributed by atoms with Gasteiger partial charge in [0.1, 0.15) is 11.3 Å². The molecule has 0 aliphatic carbocycles. The Hall–Kier alpha value is -3.99. The molecule has 0 unspecified atom stereocenters. The van der Waals surface area contributed by atoms with E-state index in [-0.39, 0.29) is 11.9 Å². The molecule has 2 aromatic heterocycles. The second-order valence-corrected chi connectivity index (χ2v) is 8.36. The molecular formula is C28H24N2O3. The van der Waals surface area contributed by atoms with Crippen molar-refractivity contribution in [3.05, 3.63) is 101 Å². The van der Waals surface area contributed by atoms with E-state index in [0.29, 0.717) is 18.9 Å². The van der Waals surface area contributed by atoms with Crippen LogP contribution in [0, 0.1) is 0 Å². The highest BCUT2D eigenvalue weighted by molar-refractivity contribution is 5.97. The van der Waals surface area contributed by atoms with Crippen molar-refractivity contribution in [1.82, 2.24) is 9.88 Å². The van der Waals surface area contributed by atoms with Gasteiger partial charge < -0.3 is 19.0 Å². The zero-order valence-electron chi connectivity index (χ0n) is 18.4. The maximum atomic E-state index is 13.7. The molecular weight excluding hydrogens is 412 g/mol. The second-order valence-electron chi connectivity index (χ2n) is 8.36. The van der Waals surface area contributed by atoms with Gasteiger partial charge in [0.2, 0.25) is 0 Å². The summed E-state index contributed by atoms with van der Waals surface area (Å²) in [5.74, 6) is 1.09. The van der Waals surface area contributed by atoms with Crippen molar-refractivity contribution in [1.29, 1.82) is 0 Å². The van der Waals surface area contributed by atoms with Gasteiger partial charge >= 0.3 is 0 Å². The standard InChI is InChI=1S/C28H24N2O3/c1-2-32-20-13-11-18(12-14-20)27-26-22(21-8-4-5-9-23(21)29-26)15-16-30(27)28(31)25-17-19-7-3-6-10-24(19)33-25/h3-14,17,27,29H,2,15-16H2,1H3/t27-/m1/s1. The van der Waals surface area contributed by atoms with Gasteiger partial charge in [-0.1, -0.05) is 48.5 Å². The zero-order valence-corrected chi connectivity index (χ0v) is 18.4. The minimum Gasteiger partial charge on any atom is -0.494 e. The van der Waals surface area contributed by atoms with Crippen molar-refractivity contribution in [2.24, 2.45) is 0 Å². The number of H-pyrrole nitrogens is 1. The summed E-state index contributed by atoms with van der Waals surface area (Å²) in [6.45, 7) is 3.20. The lowest BCUT2D eigenvalue weighted by Crippen LogP contribution is -2.40. The maximum Gasteiger partial charge on any atom is 0.290 e. The molecule has 0 radical (unpaired) electrons. The third-order valence-corrected chi connectivity index (χ3v) is 6.44. The molecule has 1 aliphatic rings. The SMILES string of the molecule is CCOc1ccc([C@@H]2c3[nH]c4ccccc4c3CCN2C(=O)c2cc3ccccc3o2)cc1. The van der Waals surface area contributed by atoms with Crippen LogP contribution in [-0.4, -0.2) is 28.9 Å². The lowest BCUT2D eigenvalue weighted by molar-refractivity contribution is 0.0661. The first-order valence-electron chi connectivity index (χ1n) is 11.3. The molecule has 33 heavy (non-hydrogen) atoms. The Balaban J connectivity index is 1.47. The van der Waals surface area contributed by atoms with Crippen LogP contribution in [0.15, 0.2) is 83.3 Å². The summed E-state index contributed by atoms with van der Waals surface area (Å²) >= 11 is 0. The zero-order chi connectivity index (χ0) is 22.4. The Morgan fingerprint density at radius 1 is 1.06 bits per heavy atom. The number of aromatic amines is 1. The molecule has 0 bridgehead atoms. The van der Waals surface area contributed by atoms with Gasteiger partial charge in [0.15, 0.2) is 5.76 Å². The number of benzene rings is 3. The predicted octanol–water partition coefficient (Wildman–Crippen LogP) is 6.10. The van der Waals surface area contributed by atoms with Crippen molar-refractivity contribution in [2.45, 2.75) is 19.4 Å². The summed E-state index contributed by atoms with van der Waals surface area (Å²) in [6, 6.07) is 25.7. The van der Waals surface area contributed by atoms with E-state index in [1.54, 1.807) is 0 Å². The number of ether oxygens (including phenoxy) is 1. The van der Waals surface area contributed by atoms with E-state index < -0.39 is 0 Å². The fraction of sp³-hybridized carbons (Fsp3) is 0.179. The fourth-order valence-electron chi connectivity index (χ4n) is 4.95. The average Bonchev–Trinajstić information content (AvgIpc) is 3.45. The molecule has 5 heteroatoms. The molecule has 1 amide bonds. The van der Waals surface area contributed by atoms with Gasteiger partial charge in [-0.15, -0.1) is 0 Å². The third kappa shape index (κ3) is 3.28. The first kappa shape index (κ1) is 19.7. The largest absolute Gasteiger partial charge is 0.494 e. The Labute approximate surface area is 191 Å². The van der Waals surface area contributed by atoms with Crippen molar-refractivity contribution >= 4 is 27.8 Å². The number of hydrogen-bond acceptors (Lipinski definition) is 3. The van der Waals surface area contributed by atoms with Crippen molar-refractivity contribution in [2.75, 3.05) is 13.2 Å². The van der Waals surface area contributed by atoms with E-state index >= 15 is 0 Å². The number of aromatic nitrogens is 1. The van der Waals surface area contributed by atoms with E-state index in [1.165, 1.54) is 10.9 Å². The minimum atomic E-state index is -0.238. The lowest BCUT2D eigenvalue weighted by Gasteiger charge is -2.35. The minimum absolute atomic E-state index is 0.102. The van der Waals surface area contributed by atoms with Crippen LogP contribution in [0.1, 0.15) is 40.3 Å². The number of furan rings is 1. The van der Waals surface area contributed by atoms with E-state index in [1.807, 2.05) is 60.4 Å². The normalized spacial score (nSPS) is 15.7. The molecule has 164 valence electrons. The Morgan fingerprint density at radius 3 is 2.67 bits per heavy atom. The molecule has 3 heterocycles. The predicted molar refractivity (Wildman–Crippen MR) is 129 cm³/mol. The van der Waals surface area contributed by atoms with Gasteiger partial charge in [0.25, 0.3) is 5.91 Å². The van der Waals surface area contributed by atoms with Crippen LogP contribution in [0.25, 0.3) is 21.9 Å². The second kappa shape index (κ2) is 7.85. The molecule has 1 N–H and O–H groups in total. The number of carbonyl (C=O) groups is 1. The summed E-state index contributed by atoms with van der Waals surface area (Å²) in [5.41, 5.74) is 5.20. The van der Waals surface area contributed by atoms with E-state index in [2.05, 4.69) is 35.3 Å². The van der Waals surface area contributed by atoms with Gasteiger partial charge in [-0.3, -0.25) is 4.79 Å². The van der Waals surface area contributed by atoms with Crippen LogP contribution in [-0.2, 0) is 6.42 Å². The number of nitrogens with one attached hydrogen (secondary N) is 1. The Kier molecular flexibility index (Phi) is 4.68. The first-order chi connectivity index (χ1) is 16.2. The third-order valence-electron chi connectivity index (χ3n) is 6.44. The number of para-hydroxylation sites is 2. The molecule has 5 nitrogen and oxygen atoms in total. The highest BCUT2D eigenvalue weighted by Gasteiger charge is 2.36. The van der Waals surface area contributed by atoms with E-state index in [4.69, 9.17) is 9.15 Å². The summed E-state index contributed by atoms with van der Waals surface area (Å²) in [5, 5.41) is 2.15. The van der Waals surface area contributed by atoms with Crippen LogP contribution < -0.4 is 4.74 Å². The number of amides is 1. The molecule has 0 spiro atoms. The molecule has 5 aromatic rings. The fourth-order valence-corrected chi connectivity index (χ4v) is 4.95. The molecule has 0 saturated heterocycles. The van der Waals surface area contributed by atoms with Gasteiger partial charge in [-0.25, -0.2) is 0 Å². The van der Waals surface area contributed by atoms with Gasteiger partial charge in [0, 0.05) is 28.5 Å². The van der Waals surface area contributed by atoms with Crippen molar-refractivity contribution in [3.63, 3.8) is 0 Å². The van der Waals surface area contributed by atoms with Crippen molar-refractivity contribution in [3.8, 4) is 5.75 Å². The van der Waals surface area contributed by atoms with Gasteiger partial charge in [-0.05, 0) is 54.8 Å². The van der Waals surface area contributed by atoms with Crippen molar-refractivity contribution < 1.29 is 13.9 Å². The highest BCUT2D eigenvalue weighted by Crippen LogP contribution is 2.39. The molecule has 6 rings (SSSR count). The average molecular weight is 437 g/mol. The van der Waals surface area contributed by atoms with Crippen LogP contribution in [0.2, 0.25) is 0 Å². The summed E-state index contributed by atoms with van der Waals surface area (Å²) in [6.07, 6.45) is 0.791. The quantitative estimate of drug-likeness (QED) is 0.370. The summed E-state index contributed by atoms with van der Waals surface area (Å²) in [4.78, 5) is 19.3. The van der Waals surface area contributed by atoms with Crippen LogP contribution in [0.4, 0.5) is 0 Å². The summed E-state index contributed by atoms with van der Waals surface area (Å²) < 4.78 is 11.6. The van der Waals surface area contributed by atoms with Crippen LogP contribution in [0.5, 0.6) is 5.75 Å². The number of nitrogens with zero attached hydrogens (tertiary/aromatic N) is 1. The van der Waals surface area contributed by atoms with Crippen LogP contribution in [0.3, 0.4) is 0 Å². The lowest BCUT2D eigenvalue weighted by atomic mass is 9.92. The smallest absolute Gasteiger partial charge is 0.290 e. The number of rotatable bonds is 4. The monoisotopic (exact) mass is 436 g/mol. The molecule has 0 saturated carbocycles. The molecule has 1 aliphatic heterocycles. The Morgan fingerprint density at radius 2 is 1.85 bits per heavy atom. The number of carbonyl (C=O) groups excluding carboxylic acids is 1. The highest BCUT2D eigenvalue weighted by atomic mass is 16.5. The summed E-state index contributed by atoms with van der Waals surface area (Å²) in [7, 11) is 0. The number of fused-ring (bicyclic) bond motifs is 4. The van der Waals surface area contributed by atoms with E-state index in [9.17, 15) is 4.79 Å². The molecule has 0 fully saturated rings. The van der Waals surface area contributed by atoms with E-state index in [0.717, 1.165) is 39.9 Å². The maximum absolute atomic E-state index is 13.7. The molecule has 3 aromatic carbocycles. The number of hydrogen-bond donors (Lipinski definition) is 1.